The molecule has 7 heteroatoms. The van der Waals surface area contributed by atoms with E-state index in [-0.39, 0.29) is 17.0 Å². The van der Waals surface area contributed by atoms with E-state index in [0.29, 0.717) is 19.3 Å². The summed E-state index contributed by atoms with van der Waals surface area (Å²) in [6.07, 6.45) is 9.01. The number of carbonyl (C=O) groups is 2. The predicted octanol–water partition coefficient (Wildman–Crippen LogP) is 3.76. The number of ether oxygens (including phenoxy) is 3. The lowest BCUT2D eigenvalue weighted by molar-refractivity contribution is -0.169. The van der Waals surface area contributed by atoms with E-state index in [1.54, 1.807) is 6.08 Å². The molecule has 0 spiro atoms. The van der Waals surface area contributed by atoms with Gasteiger partial charge in [-0.05, 0) is 18.9 Å². The van der Waals surface area contributed by atoms with E-state index < -0.39 is 29.5 Å². The smallest absolute Gasteiger partial charge is 0.302 e. The highest BCUT2D eigenvalue weighted by Crippen LogP contribution is 2.32. The summed E-state index contributed by atoms with van der Waals surface area (Å²) in [7, 11) is 0. The van der Waals surface area contributed by atoms with Crippen molar-refractivity contribution in [3.63, 3.8) is 0 Å². The van der Waals surface area contributed by atoms with Crippen molar-refractivity contribution in [2.24, 2.45) is 0 Å². The van der Waals surface area contributed by atoms with Gasteiger partial charge in [-0.1, -0.05) is 34.9 Å². The third-order valence-corrected chi connectivity index (χ3v) is 5.80. The van der Waals surface area contributed by atoms with Crippen LogP contribution in [0.25, 0.3) is 0 Å². The fourth-order valence-corrected chi connectivity index (χ4v) is 3.59. The lowest BCUT2D eigenvalue weighted by Gasteiger charge is -2.38. The fourth-order valence-electron chi connectivity index (χ4n) is 2.92. The van der Waals surface area contributed by atoms with Gasteiger partial charge in [-0.15, -0.1) is 18.0 Å². The SMILES string of the molecule is C#C/C=C\C[C@@H]1OC([C@H](Br)CC)C[C@H](OC(C)=O)[C@@H](Cl)C[C@H]1OC(C)=O. The minimum atomic E-state index is -0.560. The van der Waals surface area contributed by atoms with Crippen molar-refractivity contribution in [2.45, 2.75) is 81.1 Å². The van der Waals surface area contributed by atoms with Gasteiger partial charge in [0.1, 0.15) is 12.2 Å². The first-order chi connectivity index (χ1) is 12.3. The molecule has 0 radical (unpaired) electrons. The molecule has 0 bridgehead atoms. The monoisotopic (exact) mass is 448 g/mol. The summed E-state index contributed by atoms with van der Waals surface area (Å²) in [4.78, 5) is 23.1. The first kappa shape index (κ1) is 23.0. The average molecular weight is 450 g/mol. The van der Waals surface area contributed by atoms with Crippen LogP contribution < -0.4 is 0 Å². The van der Waals surface area contributed by atoms with Crippen LogP contribution in [0.1, 0.15) is 46.5 Å². The summed E-state index contributed by atoms with van der Waals surface area (Å²) in [5, 5.41) is -0.495. The number of allylic oxidation sites excluding steroid dienone is 1. The molecule has 26 heavy (non-hydrogen) atoms. The highest BCUT2D eigenvalue weighted by molar-refractivity contribution is 9.09. The summed E-state index contributed by atoms with van der Waals surface area (Å²) >= 11 is 10.2. The molecule has 0 aromatic carbocycles. The van der Waals surface area contributed by atoms with Crippen molar-refractivity contribution < 1.29 is 23.8 Å². The molecular weight excluding hydrogens is 424 g/mol. The Bertz CT molecular complexity index is 545. The van der Waals surface area contributed by atoms with Gasteiger partial charge in [0.25, 0.3) is 0 Å². The van der Waals surface area contributed by atoms with E-state index in [4.69, 9.17) is 32.2 Å². The Morgan fingerprint density at radius 3 is 2.46 bits per heavy atom. The summed E-state index contributed by atoms with van der Waals surface area (Å²) in [6, 6.07) is 0. The van der Waals surface area contributed by atoms with Crippen LogP contribution in [0.5, 0.6) is 0 Å². The van der Waals surface area contributed by atoms with Crippen LogP contribution in [0, 0.1) is 12.3 Å². The number of halogens is 2. The largest absolute Gasteiger partial charge is 0.461 e. The van der Waals surface area contributed by atoms with E-state index in [1.807, 2.05) is 13.0 Å². The van der Waals surface area contributed by atoms with Crippen molar-refractivity contribution in [2.75, 3.05) is 0 Å². The molecule has 6 atom stereocenters. The maximum absolute atomic E-state index is 11.6. The average Bonchev–Trinajstić information content (AvgIpc) is 2.56. The van der Waals surface area contributed by atoms with Crippen LogP contribution in [-0.2, 0) is 23.8 Å². The summed E-state index contributed by atoms with van der Waals surface area (Å²) < 4.78 is 17.1. The van der Waals surface area contributed by atoms with Gasteiger partial charge in [-0.25, -0.2) is 0 Å². The van der Waals surface area contributed by atoms with Crippen molar-refractivity contribution in [3.05, 3.63) is 12.2 Å². The minimum absolute atomic E-state index is 0.0413. The molecule has 1 aliphatic rings. The molecule has 1 unspecified atom stereocenters. The fraction of sp³-hybridized carbons (Fsp3) is 0.684. The minimum Gasteiger partial charge on any atom is -0.461 e. The highest BCUT2D eigenvalue weighted by atomic mass is 79.9. The number of terminal acetylenes is 1. The predicted molar refractivity (Wildman–Crippen MR) is 104 cm³/mol. The molecule has 0 aromatic rings. The number of alkyl halides is 2. The van der Waals surface area contributed by atoms with Gasteiger partial charge in [0.2, 0.25) is 0 Å². The number of rotatable bonds is 6. The van der Waals surface area contributed by atoms with Crippen molar-refractivity contribution in [1.29, 1.82) is 0 Å². The Hall–Kier alpha value is -1.03. The summed E-state index contributed by atoms with van der Waals surface area (Å²) in [5.74, 6) is 1.62. The van der Waals surface area contributed by atoms with Gasteiger partial charge in [0, 0.05) is 31.5 Å². The lowest BCUT2D eigenvalue weighted by Crippen LogP contribution is -2.47. The number of carbonyl (C=O) groups excluding carboxylic acids is 2. The molecule has 0 N–H and O–H groups in total. The molecule has 1 aliphatic heterocycles. The zero-order valence-corrected chi connectivity index (χ0v) is 17.7. The van der Waals surface area contributed by atoms with Crippen molar-refractivity contribution in [3.8, 4) is 12.3 Å². The summed E-state index contributed by atoms with van der Waals surface area (Å²) in [6.45, 7) is 4.72. The molecule has 5 nitrogen and oxygen atoms in total. The molecular formula is C19H26BrClO5. The van der Waals surface area contributed by atoms with Gasteiger partial charge in [-0.2, -0.15) is 0 Å². The maximum atomic E-state index is 11.6. The number of esters is 2. The Kier molecular flexibility index (Phi) is 10.3. The van der Waals surface area contributed by atoms with Crippen molar-refractivity contribution >= 4 is 39.5 Å². The third kappa shape index (κ3) is 7.69. The van der Waals surface area contributed by atoms with Gasteiger partial charge < -0.3 is 14.2 Å². The van der Waals surface area contributed by atoms with E-state index in [0.717, 1.165) is 6.42 Å². The lowest BCUT2D eigenvalue weighted by atomic mass is 9.95. The standard InChI is InChI=1S/C19H26BrClO5/c1-5-7-8-9-16-19(25-13(4)23)10-15(21)18(24-12(3)22)11-17(26-16)14(20)6-2/h1,7-8,14-19H,6,9-11H2,2-4H3/b8-7-/t14-,15+,16+,17?,18+,19-/m1/s1. The molecule has 0 saturated carbocycles. The van der Waals surface area contributed by atoms with Crippen LogP contribution in [0.2, 0.25) is 0 Å². The Morgan fingerprint density at radius 2 is 1.92 bits per heavy atom. The molecule has 0 aromatic heterocycles. The molecule has 1 saturated heterocycles. The number of hydrogen-bond acceptors (Lipinski definition) is 5. The van der Waals surface area contributed by atoms with Gasteiger partial charge in [0.15, 0.2) is 0 Å². The van der Waals surface area contributed by atoms with Crippen LogP contribution in [0.15, 0.2) is 12.2 Å². The van der Waals surface area contributed by atoms with E-state index in [1.165, 1.54) is 13.8 Å². The maximum Gasteiger partial charge on any atom is 0.302 e. The van der Waals surface area contributed by atoms with E-state index in [9.17, 15) is 9.59 Å². The second-order valence-corrected chi connectivity index (χ2v) is 7.96. The van der Waals surface area contributed by atoms with Crippen LogP contribution in [-0.4, -0.2) is 46.6 Å². The van der Waals surface area contributed by atoms with Gasteiger partial charge in [0.05, 0.1) is 17.6 Å². The Labute approximate surface area is 168 Å². The molecule has 0 amide bonds. The second-order valence-electron chi connectivity index (χ2n) is 6.23. The second kappa shape index (κ2) is 11.6. The third-order valence-electron chi connectivity index (χ3n) is 4.10. The zero-order chi connectivity index (χ0) is 19.7. The number of hydrogen-bond donors (Lipinski definition) is 0. The summed E-state index contributed by atoms with van der Waals surface area (Å²) in [5.41, 5.74) is 0. The zero-order valence-electron chi connectivity index (χ0n) is 15.3. The van der Waals surface area contributed by atoms with Crippen molar-refractivity contribution in [1.82, 2.24) is 0 Å². The van der Waals surface area contributed by atoms with E-state index >= 15 is 0 Å². The van der Waals surface area contributed by atoms with Gasteiger partial charge >= 0.3 is 11.9 Å². The molecule has 146 valence electrons. The molecule has 0 aliphatic carbocycles. The van der Waals surface area contributed by atoms with Crippen LogP contribution >= 0.6 is 27.5 Å². The molecule has 1 heterocycles. The molecule has 1 fully saturated rings. The first-order valence-corrected chi connectivity index (χ1v) is 10.0. The quantitative estimate of drug-likeness (QED) is 0.351. The van der Waals surface area contributed by atoms with Crippen LogP contribution in [0.4, 0.5) is 0 Å². The van der Waals surface area contributed by atoms with Crippen LogP contribution in [0.3, 0.4) is 0 Å². The van der Waals surface area contributed by atoms with E-state index in [2.05, 4.69) is 21.9 Å². The Morgan fingerprint density at radius 1 is 1.31 bits per heavy atom. The first-order valence-electron chi connectivity index (χ1n) is 8.67. The van der Waals surface area contributed by atoms with Gasteiger partial charge in [-0.3, -0.25) is 9.59 Å². The highest BCUT2D eigenvalue weighted by Gasteiger charge is 2.39. The normalized spacial score (nSPS) is 30.7. The molecule has 1 rings (SSSR count). The topological polar surface area (TPSA) is 61.8 Å². The Balaban J connectivity index is 3.12.